The van der Waals surface area contributed by atoms with Crippen LogP contribution in [0.4, 0.5) is 0 Å². The van der Waals surface area contributed by atoms with E-state index in [4.69, 9.17) is 26.2 Å². The molecule has 1 fully saturated rings. The first-order chi connectivity index (χ1) is 14.7. The molecule has 6 nitrogen and oxygen atoms in total. The molecule has 0 spiro atoms. The second kappa shape index (κ2) is 8.36. The van der Waals surface area contributed by atoms with E-state index in [2.05, 4.69) is 0 Å². The summed E-state index contributed by atoms with van der Waals surface area (Å²) in [5, 5.41) is 9.29. The minimum Gasteiger partial charge on any atom is -0.484 e. The van der Waals surface area contributed by atoms with Crippen LogP contribution in [0.1, 0.15) is 29.8 Å². The number of carboxylic acid groups (broad SMARTS) is 1. The van der Waals surface area contributed by atoms with Gasteiger partial charge in [0.25, 0.3) is 5.91 Å². The molecule has 0 saturated carbocycles. The Morgan fingerprint density at radius 2 is 1.94 bits per heavy atom. The first-order valence-corrected chi connectivity index (χ1v) is 10.5. The Hall–Kier alpha value is -2.83. The van der Waals surface area contributed by atoms with E-state index in [1.54, 1.807) is 0 Å². The van der Waals surface area contributed by atoms with E-state index in [-0.39, 0.29) is 17.6 Å². The summed E-state index contributed by atoms with van der Waals surface area (Å²) in [5.74, 6) is -0.429. The Kier molecular flexibility index (Phi) is 5.77. The number of hydrogen-bond acceptors (Lipinski definition) is 4. The summed E-state index contributed by atoms with van der Waals surface area (Å²) < 4.78 is 11.3. The highest BCUT2D eigenvalue weighted by Gasteiger charge is 2.34. The zero-order chi connectivity index (χ0) is 22.2. The molecule has 0 aromatic heterocycles. The second-order valence-electron chi connectivity index (χ2n) is 8.40. The lowest BCUT2D eigenvalue weighted by Crippen LogP contribution is -2.55. The van der Waals surface area contributed by atoms with Gasteiger partial charge in [-0.15, -0.1) is 0 Å². The molecule has 31 heavy (non-hydrogen) atoms. The third kappa shape index (κ3) is 4.45. The maximum Gasteiger partial charge on any atom is 0.328 e. The van der Waals surface area contributed by atoms with Gasteiger partial charge in [0.2, 0.25) is 0 Å². The highest BCUT2D eigenvalue weighted by Crippen LogP contribution is 2.40. The predicted octanol–water partition coefficient (Wildman–Crippen LogP) is 4.20. The van der Waals surface area contributed by atoms with E-state index in [0.717, 1.165) is 22.8 Å². The lowest BCUT2D eigenvalue weighted by Gasteiger charge is -2.42. The van der Waals surface area contributed by atoms with Crippen molar-refractivity contribution in [1.82, 2.24) is 4.90 Å². The minimum atomic E-state index is -1.01. The maximum atomic E-state index is 13.0. The van der Waals surface area contributed by atoms with Crippen LogP contribution in [0, 0.1) is 0 Å². The number of amides is 1. The smallest absolute Gasteiger partial charge is 0.328 e. The number of hydrogen-bond donors (Lipinski definition) is 1. The third-order valence-electron chi connectivity index (χ3n) is 5.62. The van der Waals surface area contributed by atoms with Gasteiger partial charge in [0.15, 0.2) is 0 Å². The zero-order valence-corrected chi connectivity index (χ0v) is 18.2. The number of nitrogens with zero attached hydrogens (tertiary/aromatic N) is 1. The molecule has 1 N–H and O–H groups in total. The highest BCUT2D eigenvalue weighted by atomic mass is 35.5. The van der Waals surface area contributed by atoms with E-state index >= 15 is 0 Å². The molecule has 2 aliphatic rings. The molecule has 2 aliphatic heterocycles. The van der Waals surface area contributed by atoms with Crippen LogP contribution in [0.25, 0.3) is 11.1 Å². The van der Waals surface area contributed by atoms with Crippen molar-refractivity contribution in [3.8, 4) is 16.9 Å². The lowest BCUT2D eigenvalue weighted by atomic mass is 9.98. The summed E-state index contributed by atoms with van der Waals surface area (Å²) >= 11 is 6.43. The number of aliphatic carboxylic acids is 1. The number of carbonyl (C=O) groups is 2. The van der Waals surface area contributed by atoms with E-state index in [9.17, 15) is 9.59 Å². The summed E-state index contributed by atoms with van der Waals surface area (Å²) in [6, 6.07) is 11.3. The van der Waals surface area contributed by atoms with Crippen molar-refractivity contribution in [2.45, 2.75) is 31.9 Å². The topological polar surface area (TPSA) is 76.1 Å². The summed E-state index contributed by atoms with van der Waals surface area (Å²) in [6.07, 6.45) is 2.80. The van der Waals surface area contributed by atoms with Crippen molar-refractivity contribution in [1.29, 1.82) is 0 Å². The molecular weight excluding hydrogens is 418 g/mol. The Bertz CT molecular complexity index is 1040. The zero-order valence-electron chi connectivity index (χ0n) is 17.4. The molecule has 0 radical (unpaired) electrons. The molecule has 2 aromatic rings. The third-order valence-corrected chi connectivity index (χ3v) is 5.90. The molecule has 1 unspecified atom stereocenters. The molecule has 1 saturated heterocycles. The Labute approximate surface area is 186 Å². The molecular formula is C24H24ClNO5. The molecule has 7 heteroatoms. The fourth-order valence-corrected chi connectivity index (χ4v) is 4.29. The number of rotatable bonds is 4. The molecule has 2 aromatic carbocycles. The Balaban J connectivity index is 1.54. The van der Waals surface area contributed by atoms with Crippen LogP contribution >= 0.6 is 11.6 Å². The van der Waals surface area contributed by atoms with Gasteiger partial charge in [-0.05, 0) is 55.3 Å². The SMILES string of the molecule is CC1(C)COCCN1C(=O)c1ccc(-c2cc(Cl)c3c(c2)CC(/C=C/C(=O)O)O3)cc1. The Morgan fingerprint density at radius 3 is 2.61 bits per heavy atom. The lowest BCUT2D eigenvalue weighted by molar-refractivity contribution is -0.131. The van der Waals surface area contributed by atoms with Gasteiger partial charge in [-0.3, -0.25) is 4.79 Å². The van der Waals surface area contributed by atoms with Crippen LogP contribution in [0.3, 0.4) is 0 Å². The van der Waals surface area contributed by atoms with E-state index in [1.807, 2.05) is 55.1 Å². The average molecular weight is 442 g/mol. The first kappa shape index (κ1) is 21.4. The van der Waals surface area contributed by atoms with Crippen LogP contribution in [0.2, 0.25) is 5.02 Å². The van der Waals surface area contributed by atoms with Crippen molar-refractivity contribution in [3.05, 3.63) is 64.7 Å². The standard InChI is InChI=1S/C24H24ClNO5/c1-24(2)14-30-10-9-26(24)23(29)16-5-3-15(4-6-16)17-11-18-12-19(7-8-21(27)28)31-22(18)20(25)13-17/h3-8,11,13,19H,9-10,12,14H2,1-2H3,(H,27,28)/b8-7+. The fourth-order valence-electron chi connectivity index (χ4n) is 4.00. The first-order valence-electron chi connectivity index (χ1n) is 10.1. The van der Waals surface area contributed by atoms with Crippen LogP contribution in [0.5, 0.6) is 5.75 Å². The van der Waals surface area contributed by atoms with Gasteiger partial charge in [0, 0.05) is 30.2 Å². The monoisotopic (exact) mass is 441 g/mol. The van der Waals surface area contributed by atoms with Crippen LogP contribution in [-0.4, -0.2) is 53.3 Å². The molecule has 0 aliphatic carbocycles. The number of ether oxygens (including phenoxy) is 2. The summed E-state index contributed by atoms with van der Waals surface area (Å²) in [7, 11) is 0. The number of fused-ring (bicyclic) bond motifs is 1. The summed E-state index contributed by atoms with van der Waals surface area (Å²) in [6.45, 7) is 5.66. The minimum absolute atomic E-state index is 0.00621. The molecule has 162 valence electrons. The van der Waals surface area contributed by atoms with Crippen LogP contribution in [0.15, 0.2) is 48.6 Å². The second-order valence-corrected chi connectivity index (χ2v) is 8.81. The van der Waals surface area contributed by atoms with E-state index < -0.39 is 5.97 Å². The van der Waals surface area contributed by atoms with E-state index in [0.29, 0.717) is 42.5 Å². The van der Waals surface area contributed by atoms with Crippen molar-refractivity contribution in [3.63, 3.8) is 0 Å². The largest absolute Gasteiger partial charge is 0.484 e. The van der Waals surface area contributed by atoms with Gasteiger partial charge in [0.1, 0.15) is 11.9 Å². The normalized spacial score (nSPS) is 19.8. The number of halogens is 1. The van der Waals surface area contributed by atoms with E-state index in [1.165, 1.54) is 6.08 Å². The van der Waals surface area contributed by atoms with Gasteiger partial charge in [-0.2, -0.15) is 0 Å². The summed E-state index contributed by atoms with van der Waals surface area (Å²) in [4.78, 5) is 25.6. The quantitative estimate of drug-likeness (QED) is 0.719. The van der Waals surface area contributed by atoms with Crippen molar-refractivity contribution in [2.24, 2.45) is 0 Å². The van der Waals surface area contributed by atoms with Gasteiger partial charge < -0.3 is 19.5 Å². The maximum absolute atomic E-state index is 13.0. The van der Waals surface area contributed by atoms with Crippen LogP contribution < -0.4 is 4.74 Å². The molecule has 2 heterocycles. The highest BCUT2D eigenvalue weighted by molar-refractivity contribution is 6.32. The molecule has 1 amide bonds. The Morgan fingerprint density at radius 1 is 1.19 bits per heavy atom. The number of carbonyl (C=O) groups excluding carboxylic acids is 1. The van der Waals surface area contributed by atoms with Gasteiger partial charge in [0.05, 0.1) is 23.8 Å². The predicted molar refractivity (Wildman–Crippen MR) is 118 cm³/mol. The average Bonchev–Trinajstić information content (AvgIpc) is 3.15. The fraction of sp³-hybridized carbons (Fsp3) is 0.333. The number of carboxylic acids is 1. The molecule has 4 rings (SSSR count). The van der Waals surface area contributed by atoms with Gasteiger partial charge in [-0.1, -0.05) is 23.7 Å². The van der Waals surface area contributed by atoms with Gasteiger partial charge in [-0.25, -0.2) is 4.79 Å². The molecule has 0 bridgehead atoms. The number of morpholine rings is 1. The van der Waals surface area contributed by atoms with Crippen molar-refractivity contribution >= 4 is 23.5 Å². The number of benzene rings is 2. The summed E-state index contributed by atoms with van der Waals surface area (Å²) in [5.41, 5.74) is 3.08. The van der Waals surface area contributed by atoms with Crippen molar-refractivity contribution in [2.75, 3.05) is 19.8 Å². The van der Waals surface area contributed by atoms with Gasteiger partial charge >= 0.3 is 5.97 Å². The van der Waals surface area contributed by atoms with Crippen molar-refractivity contribution < 1.29 is 24.2 Å². The molecule has 1 atom stereocenters. The van der Waals surface area contributed by atoms with Crippen LogP contribution in [-0.2, 0) is 16.0 Å².